The second-order valence-corrected chi connectivity index (χ2v) is 6.04. The number of carbonyl (C=O) groups excluding carboxylic acids is 2. The zero-order valence-corrected chi connectivity index (χ0v) is 16.0. The number of hydrogen-bond acceptors (Lipinski definition) is 7. The molecule has 0 spiro atoms. The maximum Gasteiger partial charge on any atom is 0.354 e. The van der Waals surface area contributed by atoms with Gasteiger partial charge in [0.05, 0.1) is 13.7 Å². The molecule has 0 aliphatic heterocycles. The minimum atomic E-state index is -0.541. The number of nitrogens with one attached hydrogen (secondary N) is 1. The third kappa shape index (κ3) is 4.70. The lowest BCUT2D eigenvalue weighted by Gasteiger charge is -2.09. The van der Waals surface area contributed by atoms with Crippen molar-refractivity contribution in [3.63, 3.8) is 0 Å². The summed E-state index contributed by atoms with van der Waals surface area (Å²) < 4.78 is 11.9. The number of carbonyl (C=O) groups is 2. The SMILES string of the molecule is CCOC(=O)c1cc(C(O)=CC(=O)c2ncn[nH]2)cn1Cc1ccc(OC)cc1. The number of aromatic amines is 1. The van der Waals surface area contributed by atoms with Gasteiger partial charge in [0.1, 0.15) is 23.5 Å². The van der Waals surface area contributed by atoms with Crippen molar-refractivity contribution in [1.82, 2.24) is 19.7 Å². The number of aliphatic hydroxyl groups excluding tert-OH is 1. The van der Waals surface area contributed by atoms with E-state index in [9.17, 15) is 14.7 Å². The zero-order chi connectivity index (χ0) is 20.8. The van der Waals surface area contributed by atoms with Crippen molar-refractivity contribution >= 4 is 17.5 Å². The number of hydrogen-bond donors (Lipinski definition) is 2. The minimum absolute atomic E-state index is 0.000156. The monoisotopic (exact) mass is 396 g/mol. The van der Waals surface area contributed by atoms with E-state index in [0.717, 1.165) is 17.4 Å². The number of aromatic nitrogens is 4. The number of ketones is 1. The van der Waals surface area contributed by atoms with E-state index in [1.165, 1.54) is 12.4 Å². The largest absolute Gasteiger partial charge is 0.507 e. The number of aliphatic hydroxyl groups is 1. The van der Waals surface area contributed by atoms with E-state index in [-0.39, 0.29) is 23.9 Å². The van der Waals surface area contributed by atoms with Gasteiger partial charge in [0.15, 0.2) is 5.82 Å². The standard InChI is InChI=1S/C20H20N4O5/c1-3-29-20(27)16-8-14(17(25)9-18(26)19-21-12-22-23-19)11-24(16)10-13-4-6-15(28-2)7-5-13/h4-9,11-12,25H,3,10H2,1-2H3,(H,21,22,23). The number of H-pyrrole nitrogens is 1. The lowest BCUT2D eigenvalue weighted by Crippen LogP contribution is -2.12. The topological polar surface area (TPSA) is 119 Å². The molecule has 3 rings (SSSR count). The van der Waals surface area contributed by atoms with Crippen molar-refractivity contribution in [2.45, 2.75) is 13.5 Å². The van der Waals surface area contributed by atoms with Crippen LogP contribution in [0, 0.1) is 0 Å². The molecule has 2 aromatic heterocycles. The molecule has 9 nitrogen and oxygen atoms in total. The molecule has 0 fully saturated rings. The van der Waals surface area contributed by atoms with Crippen molar-refractivity contribution in [1.29, 1.82) is 0 Å². The fourth-order valence-electron chi connectivity index (χ4n) is 2.68. The summed E-state index contributed by atoms with van der Waals surface area (Å²) in [5.74, 6) is -0.647. The van der Waals surface area contributed by atoms with Crippen LogP contribution >= 0.6 is 0 Å². The second-order valence-electron chi connectivity index (χ2n) is 6.04. The van der Waals surface area contributed by atoms with Gasteiger partial charge in [-0.15, -0.1) is 0 Å². The van der Waals surface area contributed by atoms with Crippen LogP contribution in [0.25, 0.3) is 5.76 Å². The van der Waals surface area contributed by atoms with Crippen LogP contribution < -0.4 is 4.74 Å². The van der Waals surface area contributed by atoms with Crippen LogP contribution in [-0.4, -0.2) is 50.3 Å². The molecule has 0 radical (unpaired) electrons. The van der Waals surface area contributed by atoms with Gasteiger partial charge in [-0.2, -0.15) is 5.10 Å². The Kier molecular flexibility index (Phi) is 6.08. The molecule has 0 atom stereocenters. The molecule has 2 N–H and O–H groups in total. The van der Waals surface area contributed by atoms with Gasteiger partial charge in [0.25, 0.3) is 0 Å². The Bertz CT molecular complexity index is 1020. The number of benzene rings is 1. The highest BCUT2D eigenvalue weighted by molar-refractivity contribution is 6.05. The Balaban J connectivity index is 1.91. The molecule has 0 bridgehead atoms. The van der Waals surface area contributed by atoms with Crippen LogP contribution in [0.2, 0.25) is 0 Å². The molecule has 29 heavy (non-hydrogen) atoms. The summed E-state index contributed by atoms with van der Waals surface area (Å²) in [7, 11) is 1.58. The van der Waals surface area contributed by atoms with Crippen LogP contribution in [0.4, 0.5) is 0 Å². The van der Waals surface area contributed by atoms with Crippen molar-refractivity contribution in [2.24, 2.45) is 0 Å². The Labute approximate surface area is 166 Å². The summed E-state index contributed by atoms with van der Waals surface area (Å²) in [5, 5.41) is 16.4. The molecule has 0 aliphatic carbocycles. The summed E-state index contributed by atoms with van der Waals surface area (Å²) in [6, 6.07) is 8.85. The zero-order valence-electron chi connectivity index (χ0n) is 16.0. The van der Waals surface area contributed by atoms with Gasteiger partial charge in [-0.25, -0.2) is 9.78 Å². The second kappa shape index (κ2) is 8.87. The minimum Gasteiger partial charge on any atom is -0.507 e. The maximum atomic E-state index is 12.3. The van der Waals surface area contributed by atoms with E-state index >= 15 is 0 Å². The van der Waals surface area contributed by atoms with Crippen LogP contribution in [0.5, 0.6) is 5.75 Å². The molecule has 2 heterocycles. The van der Waals surface area contributed by atoms with E-state index in [2.05, 4.69) is 15.2 Å². The first-order chi connectivity index (χ1) is 14.0. The molecule has 0 aliphatic rings. The van der Waals surface area contributed by atoms with Crippen LogP contribution in [-0.2, 0) is 11.3 Å². The number of nitrogens with zero attached hydrogens (tertiary/aromatic N) is 3. The van der Waals surface area contributed by atoms with E-state index in [1.807, 2.05) is 24.3 Å². The Morgan fingerprint density at radius 3 is 2.66 bits per heavy atom. The first-order valence-electron chi connectivity index (χ1n) is 8.82. The molecular formula is C20H20N4O5. The number of esters is 1. The summed E-state index contributed by atoms with van der Waals surface area (Å²) in [4.78, 5) is 28.2. The molecule has 9 heteroatoms. The predicted octanol–water partition coefficient (Wildman–Crippen LogP) is 2.62. The van der Waals surface area contributed by atoms with E-state index in [0.29, 0.717) is 12.1 Å². The Morgan fingerprint density at radius 1 is 1.28 bits per heavy atom. The third-order valence-electron chi connectivity index (χ3n) is 4.11. The predicted molar refractivity (Wildman–Crippen MR) is 104 cm³/mol. The van der Waals surface area contributed by atoms with Gasteiger partial charge in [-0.05, 0) is 30.7 Å². The van der Waals surface area contributed by atoms with Gasteiger partial charge in [0, 0.05) is 24.4 Å². The van der Waals surface area contributed by atoms with E-state index in [1.54, 1.807) is 24.8 Å². The fourth-order valence-corrected chi connectivity index (χ4v) is 2.68. The first kappa shape index (κ1) is 19.9. The van der Waals surface area contributed by atoms with Crippen LogP contribution in [0.1, 0.15) is 39.2 Å². The smallest absolute Gasteiger partial charge is 0.354 e. The molecule has 0 saturated carbocycles. The normalized spacial score (nSPS) is 11.3. The molecule has 0 amide bonds. The summed E-state index contributed by atoms with van der Waals surface area (Å²) in [5.41, 5.74) is 1.47. The number of allylic oxidation sites excluding steroid dienone is 1. The summed E-state index contributed by atoms with van der Waals surface area (Å²) >= 11 is 0. The van der Waals surface area contributed by atoms with E-state index < -0.39 is 11.8 Å². The molecule has 0 saturated heterocycles. The number of ether oxygens (including phenoxy) is 2. The number of rotatable bonds is 8. The van der Waals surface area contributed by atoms with Crippen LogP contribution in [0.15, 0.2) is 48.9 Å². The average Bonchev–Trinajstić information content (AvgIpc) is 3.39. The number of methoxy groups -OCH3 is 1. The van der Waals surface area contributed by atoms with Crippen molar-refractivity contribution in [2.75, 3.05) is 13.7 Å². The highest BCUT2D eigenvalue weighted by Gasteiger charge is 2.18. The van der Waals surface area contributed by atoms with Gasteiger partial charge in [-0.1, -0.05) is 12.1 Å². The average molecular weight is 396 g/mol. The van der Waals surface area contributed by atoms with Crippen molar-refractivity contribution in [3.8, 4) is 5.75 Å². The Hall–Kier alpha value is -3.88. The van der Waals surface area contributed by atoms with Crippen molar-refractivity contribution < 1.29 is 24.2 Å². The molecule has 1 aromatic carbocycles. The molecule has 0 unspecified atom stereocenters. The van der Waals surface area contributed by atoms with Gasteiger partial charge >= 0.3 is 5.97 Å². The fraction of sp³-hybridized carbons (Fsp3) is 0.200. The molecular weight excluding hydrogens is 376 g/mol. The molecule has 3 aromatic rings. The lowest BCUT2D eigenvalue weighted by molar-refractivity contribution is 0.0514. The molecule has 150 valence electrons. The van der Waals surface area contributed by atoms with Crippen molar-refractivity contribution in [3.05, 3.63) is 71.6 Å². The first-order valence-corrected chi connectivity index (χ1v) is 8.82. The highest BCUT2D eigenvalue weighted by Crippen LogP contribution is 2.20. The maximum absolute atomic E-state index is 12.3. The summed E-state index contributed by atoms with van der Waals surface area (Å²) in [6.07, 6.45) is 3.79. The highest BCUT2D eigenvalue weighted by atomic mass is 16.5. The van der Waals surface area contributed by atoms with Crippen LogP contribution in [0.3, 0.4) is 0 Å². The third-order valence-corrected chi connectivity index (χ3v) is 4.11. The van der Waals surface area contributed by atoms with Gasteiger partial charge in [-0.3, -0.25) is 9.89 Å². The van der Waals surface area contributed by atoms with E-state index in [4.69, 9.17) is 9.47 Å². The summed E-state index contributed by atoms with van der Waals surface area (Å²) in [6.45, 7) is 2.29. The van der Waals surface area contributed by atoms with Gasteiger partial charge < -0.3 is 19.1 Å². The quantitative estimate of drug-likeness (QED) is 0.260. The lowest BCUT2D eigenvalue weighted by atomic mass is 10.2. The Morgan fingerprint density at radius 2 is 2.03 bits per heavy atom. The van der Waals surface area contributed by atoms with Gasteiger partial charge in [0.2, 0.25) is 5.78 Å².